The molecule has 0 atom stereocenters. The van der Waals surface area contributed by atoms with E-state index >= 15 is 0 Å². The average molecular weight is 370 g/mol. The van der Waals surface area contributed by atoms with E-state index in [9.17, 15) is 9.59 Å². The van der Waals surface area contributed by atoms with E-state index in [1.807, 2.05) is 24.3 Å². The summed E-state index contributed by atoms with van der Waals surface area (Å²) in [6.45, 7) is 5.00. The van der Waals surface area contributed by atoms with Gasteiger partial charge in [0, 0.05) is 24.9 Å². The van der Waals surface area contributed by atoms with Crippen molar-refractivity contribution in [2.24, 2.45) is 0 Å². The van der Waals surface area contributed by atoms with E-state index in [1.165, 1.54) is 5.56 Å². The summed E-state index contributed by atoms with van der Waals surface area (Å²) in [5.74, 6) is 0.576. The van der Waals surface area contributed by atoms with Crippen LogP contribution in [-0.4, -0.2) is 38.7 Å². The third-order valence-corrected chi connectivity index (χ3v) is 3.92. The number of nitrogens with one attached hydrogen (secondary N) is 2. The molecule has 6 heteroatoms. The summed E-state index contributed by atoms with van der Waals surface area (Å²) in [5.41, 5.74) is 2.22. The predicted octanol–water partition coefficient (Wildman–Crippen LogP) is 3.20. The minimum atomic E-state index is -0.292. The van der Waals surface area contributed by atoms with Crippen LogP contribution in [0.3, 0.4) is 0 Å². The molecule has 2 amide bonds. The molecule has 0 aliphatic heterocycles. The smallest absolute Gasteiger partial charge is 0.262 e. The van der Waals surface area contributed by atoms with Crippen LogP contribution in [0.2, 0.25) is 0 Å². The van der Waals surface area contributed by atoms with Crippen molar-refractivity contribution in [2.75, 3.05) is 32.2 Å². The maximum Gasteiger partial charge on any atom is 0.262 e. The molecule has 0 unspecified atom stereocenters. The van der Waals surface area contributed by atoms with E-state index in [-0.39, 0.29) is 18.4 Å². The highest BCUT2D eigenvalue weighted by Gasteiger charge is 2.08. The first kappa shape index (κ1) is 20.5. The highest BCUT2D eigenvalue weighted by atomic mass is 16.5. The standard InChI is InChI=1S/C21H26N2O4/c1-15(2)16-7-9-19(10-8-16)27-14-20(24)23-18-6-4-5-17(13-18)21(25)22-11-12-26-3/h4-10,13,15H,11-12,14H2,1-3H3,(H,22,25)(H,23,24). The van der Waals surface area contributed by atoms with E-state index in [0.29, 0.717) is 36.1 Å². The molecule has 0 fully saturated rings. The topological polar surface area (TPSA) is 76.7 Å². The van der Waals surface area contributed by atoms with Crippen LogP contribution in [0, 0.1) is 0 Å². The zero-order chi connectivity index (χ0) is 19.6. The van der Waals surface area contributed by atoms with Crippen molar-refractivity contribution in [2.45, 2.75) is 19.8 Å². The largest absolute Gasteiger partial charge is 0.484 e. The molecule has 2 aromatic rings. The Bertz CT molecular complexity index is 757. The summed E-state index contributed by atoms with van der Waals surface area (Å²) in [7, 11) is 1.57. The van der Waals surface area contributed by atoms with Crippen LogP contribution in [0.15, 0.2) is 48.5 Å². The second-order valence-electron chi connectivity index (χ2n) is 6.39. The molecule has 27 heavy (non-hydrogen) atoms. The first-order chi connectivity index (χ1) is 13.0. The second kappa shape index (κ2) is 10.3. The van der Waals surface area contributed by atoms with Gasteiger partial charge in [0.2, 0.25) is 0 Å². The van der Waals surface area contributed by atoms with Gasteiger partial charge in [-0.2, -0.15) is 0 Å². The molecule has 2 rings (SSSR count). The summed E-state index contributed by atoms with van der Waals surface area (Å²) in [6, 6.07) is 14.4. The number of benzene rings is 2. The number of methoxy groups -OCH3 is 1. The van der Waals surface area contributed by atoms with Gasteiger partial charge in [0.25, 0.3) is 11.8 Å². The van der Waals surface area contributed by atoms with Crippen molar-refractivity contribution in [3.05, 3.63) is 59.7 Å². The molecule has 0 heterocycles. The molecule has 6 nitrogen and oxygen atoms in total. The lowest BCUT2D eigenvalue weighted by molar-refractivity contribution is -0.118. The van der Waals surface area contributed by atoms with Crippen LogP contribution in [0.25, 0.3) is 0 Å². The minimum Gasteiger partial charge on any atom is -0.484 e. The maximum atomic E-state index is 12.1. The molecular formula is C21H26N2O4. The Kier molecular flexibility index (Phi) is 7.82. The number of carbonyl (C=O) groups excluding carboxylic acids is 2. The zero-order valence-corrected chi connectivity index (χ0v) is 16.0. The quantitative estimate of drug-likeness (QED) is 0.665. The fourth-order valence-electron chi connectivity index (χ4n) is 2.40. The predicted molar refractivity (Wildman–Crippen MR) is 105 cm³/mol. The number of ether oxygens (including phenoxy) is 2. The molecule has 0 saturated heterocycles. The Hall–Kier alpha value is -2.86. The number of carbonyl (C=O) groups is 2. The van der Waals surface area contributed by atoms with Crippen molar-refractivity contribution >= 4 is 17.5 Å². The van der Waals surface area contributed by atoms with E-state index in [1.54, 1.807) is 31.4 Å². The molecule has 0 aliphatic carbocycles. The highest BCUT2D eigenvalue weighted by molar-refractivity contribution is 5.97. The van der Waals surface area contributed by atoms with Crippen LogP contribution in [0.5, 0.6) is 5.75 Å². The van der Waals surface area contributed by atoms with Gasteiger partial charge in [-0.15, -0.1) is 0 Å². The first-order valence-electron chi connectivity index (χ1n) is 8.89. The van der Waals surface area contributed by atoms with Crippen molar-refractivity contribution in [3.63, 3.8) is 0 Å². The highest BCUT2D eigenvalue weighted by Crippen LogP contribution is 2.18. The van der Waals surface area contributed by atoms with Crippen LogP contribution in [0.4, 0.5) is 5.69 Å². The fraction of sp³-hybridized carbons (Fsp3) is 0.333. The monoisotopic (exact) mass is 370 g/mol. The molecule has 0 spiro atoms. The Labute approximate surface area is 159 Å². The summed E-state index contributed by atoms with van der Waals surface area (Å²) in [4.78, 5) is 24.1. The van der Waals surface area contributed by atoms with Gasteiger partial charge in [-0.25, -0.2) is 0 Å². The molecule has 0 aliphatic rings. The number of amides is 2. The van der Waals surface area contributed by atoms with Gasteiger partial charge in [0.1, 0.15) is 5.75 Å². The second-order valence-corrected chi connectivity index (χ2v) is 6.39. The third-order valence-electron chi connectivity index (χ3n) is 3.92. The molecule has 0 aromatic heterocycles. The summed E-state index contributed by atoms with van der Waals surface area (Å²) in [6.07, 6.45) is 0. The Morgan fingerprint density at radius 2 is 1.81 bits per heavy atom. The van der Waals surface area contributed by atoms with E-state index in [0.717, 1.165) is 0 Å². The first-order valence-corrected chi connectivity index (χ1v) is 8.89. The van der Waals surface area contributed by atoms with Gasteiger partial charge in [0.15, 0.2) is 6.61 Å². The van der Waals surface area contributed by atoms with Crippen LogP contribution < -0.4 is 15.4 Å². The van der Waals surface area contributed by atoms with Crippen molar-refractivity contribution in [1.82, 2.24) is 5.32 Å². The van der Waals surface area contributed by atoms with E-state index in [2.05, 4.69) is 24.5 Å². The number of rotatable bonds is 9. The Morgan fingerprint density at radius 3 is 2.48 bits per heavy atom. The lowest BCUT2D eigenvalue weighted by Crippen LogP contribution is -2.27. The SMILES string of the molecule is COCCNC(=O)c1cccc(NC(=O)COc2ccc(C(C)C)cc2)c1. The normalized spacial score (nSPS) is 10.5. The van der Waals surface area contributed by atoms with E-state index < -0.39 is 0 Å². The summed E-state index contributed by atoms with van der Waals surface area (Å²) >= 11 is 0. The van der Waals surface area contributed by atoms with Crippen LogP contribution >= 0.6 is 0 Å². The van der Waals surface area contributed by atoms with Crippen molar-refractivity contribution in [3.8, 4) is 5.75 Å². The maximum absolute atomic E-state index is 12.1. The number of anilines is 1. The molecule has 2 aromatic carbocycles. The minimum absolute atomic E-state index is 0.106. The lowest BCUT2D eigenvalue weighted by Gasteiger charge is -2.10. The molecule has 144 valence electrons. The Morgan fingerprint density at radius 1 is 1.07 bits per heavy atom. The molecule has 2 N–H and O–H groups in total. The van der Waals surface area contributed by atoms with E-state index in [4.69, 9.17) is 9.47 Å². The van der Waals surface area contributed by atoms with Gasteiger partial charge < -0.3 is 20.1 Å². The summed E-state index contributed by atoms with van der Waals surface area (Å²) in [5, 5.41) is 5.47. The fourth-order valence-corrected chi connectivity index (χ4v) is 2.40. The number of hydrogen-bond donors (Lipinski definition) is 2. The molecule has 0 saturated carbocycles. The van der Waals surface area contributed by atoms with Gasteiger partial charge in [-0.3, -0.25) is 9.59 Å². The third kappa shape index (κ3) is 6.75. The molecule has 0 radical (unpaired) electrons. The van der Waals surface area contributed by atoms with Crippen LogP contribution in [0.1, 0.15) is 35.7 Å². The van der Waals surface area contributed by atoms with Gasteiger partial charge in [-0.05, 0) is 41.8 Å². The number of hydrogen-bond acceptors (Lipinski definition) is 4. The van der Waals surface area contributed by atoms with Gasteiger partial charge in [0.05, 0.1) is 6.61 Å². The lowest BCUT2D eigenvalue weighted by atomic mass is 10.0. The summed E-state index contributed by atoms with van der Waals surface area (Å²) < 4.78 is 10.4. The van der Waals surface area contributed by atoms with Gasteiger partial charge in [-0.1, -0.05) is 32.0 Å². The van der Waals surface area contributed by atoms with Crippen molar-refractivity contribution in [1.29, 1.82) is 0 Å². The van der Waals surface area contributed by atoms with Crippen molar-refractivity contribution < 1.29 is 19.1 Å². The molecular weight excluding hydrogens is 344 g/mol. The zero-order valence-electron chi connectivity index (χ0n) is 16.0. The average Bonchev–Trinajstić information content (AvgIpc) is 2.67. The van der Waals surface area contributed by atoms with Gasteiger partial charge >= 0.3 is 0 Å². The Balaban J connectivity index is 1.86. The van der Waals surface area contributed by atoms with Crippen LogP contribution in [-0.2, 0) is 9.53 Å². The molecule has 0 bridgehead atoms.